The first-order chi connectivity index (χ1) is 14.9. The first-order valence-corrected chi connectivity index (χ1v) is 12.1. The number of carbonyl (C=O) groups is 2. The molecule has 4 fully saturated rings. The van der Waals surface area contributed by atoms with E-state index in [2.05, 4.69) is 13.8 Å². The number of carbonyl (C=O) groups excluding carboxylic acids is 2. The zero-order valence-corrected chi connectivity index (χ0v) is 19.3. The van der Waals surface area contributed by atoms with Crippen LogP contribution in [0.1, 0.15) is 72.1 Å². The van der Waals surface area contributed by atoms with Crippen LogP contribution in [0.25, 0.3) is 0 Å². The van der Waals surface area contributed by atoms with Crippen LogP contribution in [0.2, 0.25) is 0 Å². The van der Waals surface area contributed by atoms with E-state index in [0.717, 1.165) is 19.3 Å². The van der Waals surface area contributed by atoms with Gasteiger partial charge in [0.2, 0.25) is 0 Å². The van der Waals surface area contributed by atoms with Crippen molar-refractivity contribution in [3.63, 3.8) is 0 Å². The van der Waals surface area contributed by atoms with E-state index in [4.69, 9.17) is 9.47 Å². The molecule has 7 nitrogen and oxygen atoms in total. The summed E-state index contributed by atoms with van der Waals surface area (Å²) >= 11 is 0. The van der Waals surface area contributed by atoms with Crippen molar-refractivity contribution in [1.29, 1.82) is 0 Å². The van der Waals surface area contributed by atoms with E-state index < -0.39 is 40.2 Å². The SMILES string of the molecule is CC(=O)O[C@H]1C[C@H]2[C@@H]3CC[C@](O)(C4=CC(=O)OC4)[C@@]3(C)CC[C@@H]2[C@@]2(C)CC[C@H](O)C[C@]12O. The molecule has 4 aliphatic carbocycles. The smallest absolute Gasteiger partial charge is 0.331 e. The van der Waals surface area contributed by atoms with Crippen LogP contribution in [0.5, 0.6) is 0 Å². The number of rotatable bonds is 2. The van der Waals surface area contributed by atoms with Gasteiger partial charge in [-0.15, -0.1) is 0 Å². The number of hydrogen-bond acceptors (Lipinski definition) is 7. The average molecular weight is 449 g/mol. The molecule has 32 heavy (non-hydrogen) atoms. The van der Waals surface area contributed by atoms with E-state index in [0.29, 0.717) is 31.3 Å². The summed E-state index contributed by atoms with van der Waals surface area (Å²) < 4.78 is 10.9. The minimum Gasteiger partial charge on any atom is -0.459 e. The third kappa shape index (κ3) is 2.77. The summed E-state index contributed by atoms with van der Waals surface area (Å²) in [5, 5.41) is 34.2. The van der Waals surface area contributed by atoms with Crippen LogP contribution in [-0.4, -0.2) is 57.3 Å². The van der Waals surface area contributed by atoms with Crippen molar-refractivity contribution in [3.8, 4) is 0 Å². The predicted octanol–water partition coefficient (Wildman–Crippen LogP) is 2.26. The number of hydrogen-bond donors (Lipinski definition) is 3. The molecule has 1 aliphatic heterocycles. The van der Waals surface area contributed by atoms with E-state index in [9.17, 15) is 24.9 Å². The molecule has 178 valence electrons. The Kier molecular flexibility index (Phi) is 4.91. The van der Waals surface area contributed by atoms with Crippen molar-refractivity contribution in [1.82, 2.24) is 0 Å². The number of esters is 2. The number of aliphatic hydroxyl groups excluding tert-OH is 1. The van der Waals surface area contributed by atoms with Crippen molar-refractivity contribution in [2.75, 3.05) is 6.61 Å². The molecule has 5 aliphatic rings. The Labute approximate surface area is 189 Å². The monoisotopic (exact) mass is 448 g/mol. The summed E-state index contributed by atoms with van der Waals surface area (Å²) in [5.74, 6) is -0.208. The summed E-state index contributed by atoms with van der Waals surface area (Å²) in [6.45, 7) is 5.77. The molecule has 9 atom stereocenters. The maximum atomic E-state index is 12.0. The number of aliphatic hydroxyl groups is 3. The first-order valence-electron chi connectivity index (χ1n) is 12.1. The molecule has 0 unspecified atom stereocenters. The molecule has 7 heteroatoms. The summed E-state index contributed by atoms with van der Waals surface area (Å²) in [6.07, 6.45) is 5.32. The molecule has 3 N–H and O–H groups in total. The van der Waals surface area contributed by atoms with Gasteiger partial charge < -0.3 is 24.8 Å². The van der Waals surface area contributed by atoms with Crippen LogP contribution < -0.4 is 0 Å². The van der Waals surface area contributed by atoms with Crippen molar-refractivity contribution in [2.45, 2.75) is 95.5 Å². The predicted molar refractivity (Wildman–Crippen MR) is 114 cm³/mol. The molecular weight excluding hydrogens is 412 g/mol. The normalized spacial score (nSPS) is 52.4. The highest BCUT2D eigenvalue weighted by atomic mass is 16.6. The third-order valence-electron chi connectivity index (χ3n) is 10.5. The Morgan fingerprint density at radius 2 is 1.75 bits per heavy atom. The lowest BCUT2D eigenvalue weighted by Crippen LogP contribution is -2.69. The Balaban J connectivity index is 1.53. The molecule has 5 rings (SSSR count). The van der Waals surface area contributed by atoms with Crippen LogP contribution in [0, 0.1) is 28.6 Å². The van der Waals surface area contributed by atoms with E-state index in [1.54, 1.807) is 0 Å². The molecule has 0 aromatic carbocycles. The van der Waals surface area contributed by atoms with Gasteiger partial charge in [-0.1, -0.05) is 13.8 Å². The largest absolute Gasteiger partial charge is 0.459 e. The summed E-state index contributed by atoms with van der Waals surface area (Å²) in [5.41, 5.74) is -2.53. The highest BCUT2D eigenvalue weighted by Gasteiger charge is 2.70. The van der Waals surface area contributed by atoms with E-state index in [1.165, 1.54) is 13.0 Å². The molecule has 1 heterocycles. The fraction of sp³-hybridized carbons (Fsp3) is 0.840. The number of ether oxygens (including phenoxy) is 2. The van der Waals surface area contributed by atoms with Gasteiger partial charge in [0, 0.05) is 35.8 Å². The molecule has 4 saturated carbocycles. The lowest BCUT2D eigenvalue weighted by Gasteiger charge is -2.65. The topological polar surface area (TPSA) is 113 Å². The minimum absolute atomic E-state index is 0.150. The Morgan fingerprint density at radius 3 is 2.41 bits per heavy atom. The number of cyclic esters (lactones) is 1. The standard InChI is InChI=1S/C25H36O7/c1-14(26)32-20-11-17-18(23(3)7-4-16(27)12-25(20,23)30)5-8-22(2)19(17)6-9-24(22,29)15-10-21(28)31-13-15/h10,16-20,27,29-30H,4-9,11-13H2,1-3H3/t16-,17+,18-,19-,20-,22-,23+,24-,25-/m0/s1. The zero-order valence-electron chi connectivity index (χ0n) is 19.3. The highest BCUT2D eigenvalue weighted by molar-refractivity contribution is 5.85. The van der Waals surface area contributed by atoms with Crippen LogP contribution in [0.4, 0.5) is 0 Å². The van der Waals surface area contributed by atoms with E-state index in [1.807, 2.05) is 0 Å². The van der Waals surface area contributed by atoms with E-state index in [-0.39, 0.29) is 36.8 Å². The Bertz CT molecular complexity index is 868. The third-order valence-corrected chi connectivity index (χ3v) is 10.5. The molecule has 0 aromatic rings. The first kappa shape index (κ1) is 22.4. The second-order valence-corrected chi connectivity index (χ2v) is 11.6. The van der Waals surface area contributed by atoms with Crippen molar-refractivity contribution in [3.05, 3.63) is 11.6 Å². The summed E-state index contributed by atoms with van der Waals surface area (Å²) in [6, 6.07) is 0. The molecule has 0 amide bonds. The van der Waals surface area contributed by atoms with Gasteiger partial charge in [0.1, 0.15) is 18.3 Å². The lowest BCUT2D eigenvalue weighted by atomic mass is 9.42. The molecule has 0 saturated heterocycles. The second kappa shape index (κ2) is 7.03. The van der Waals surface area contributed by atoms with Crippen LogP contribution in [0.15, 0.2) is 11.6 Å². The highest BCUT2D eigenvalue weighted by Crippen LogP contribution is 2.70. The second-order valence-electron chi connectivity index (χ2n) is 11.6. The summed E-state index contributed by atoms with van der Waals surface area (Å²) in [7, 11) is 0. The fourth-order valence-corrected chi connectivity index (χ4v) is 8.74. The minimum atomic E-state index is -1.26. The van der Waals surface area contributed by atoms with Gasteiger partial charge in [0.05, 0.1) is 11.7 Å². The van der Waals surface area contributed by atoms with Crippen molar-refractivity contribution < 1.29 is 34.4 Å². The van der Waals surface area contributed by atoms with Gasteiger partial charge in [-0.05, 0) is 62.7 Å². The van der Waals surface area contributed by atoms with Gasteiger partial charge in [-0.3, -0.25) is 4.79 Å². The maximum absolute atomic E-state index is 12.0. The van der Waals surface area contributed by atoms with Crippen molar-refractivity contribution in [2.24, 2.45) is 28.6 Å². The van der Waals surface area contributed by atoms with Crippen LogP contribution in [-0.2, 0) is 19.1 Å². The van der Waals surface area contributed by atoms with E-state index >= 15 is 0 Å². The maximum Gasteiger partial charge on any atom is 0.331 e. The average Bonchev–Trinajstić information content (AvgIpc) is 3.26. The molecule has 0 bridgehead atoms. The molecule has 0 radical (unpaired) electrons. The van der Waals surface area contributed by atoms with Gasteiger partial charge in [-0.2, -0.15) is 0 Å². The fourth-order valence-electron chi connectivity index (χ4n) is 8.74. The van der Waals surface area contributed by atoms with Gasteiger partial charge >= 0.3 is 11.9 Å². The van der Waals surface area contributed by atoms with Gasteiger partial charge in [0.15, 0.2) is 0 Å². The summed E-state index contributed by atoms with van der Waals surface area (Å²) in [4.78, 5) is 23.7. The molecule has 0 aromatic heterocycles. The molecular formula is C25H36O7. The van der Waals surface area contributed by atoms with Crippen LogP contribution >= 0.6 is 0 Å². The Hall–Kier alpha value is -1.44. The van der Waals surface area contributed by atoms with Crippen molar-refractivity contribution >= 4 is 11.9 Å². The Morgan fingerprint density at radius 1 is 1.09 bits per heavy atom. The van der Waals surface area contributed by atoms with Gasteiger partial charge in [0.25, 0.3) is 0 Å². The lowest BCUT2D eigenvalue weighted by molar-refractivity contribution is -0.272. The van der Waals surface area contributed by atoms with Crippen LogP contribution in [0.3, 0.4) is 0 Å². The van der Waals surface area contributed by atoms with Gasteiger partial charge in [-0.25, -0.2) is 4.79 Å². The zero-order chi connectivity index (χ0) is 23.1. The quantitative estimate of drug-likeness (QED) is 0.555. The number of fused-ring (bicyclic) bond motifs is 5. The molecule has 0 spiro atoms.